The maximum absolute atomic E-state index is 11.3. The number of urea groups is 1. The number of aliphatic carboxylic acids is 1. The van der Waals surface area contributed by atoms with Crippen molar-refractivity contribution >= 4 is 12.0 Å². The normalized spacial score (nSPS) is 11.9. The van der Waals surface area contributed by atoms with Gasteiger partial charge >= 0.3 is 12.0 Å². The topological polar surface area (TPSA) is 78.4 Å². The summed E-state index contributed by atoms with van der Waals surface area (Å²) in [7, 11) is 0. The molecule has 92 valence electrons. The fourth-order valence-corrected chi connectivity index (χ4v) is 1.19. The third-order valence-corrected chi connectivity index (χ3v) is 1.94. The van der Waals surface area contributed by atoms with Gasteiger partial charge in [-0.15, -0.1) is 6.58 Å². The second-order valence-electron chi connectivity index (χ2n) is 4.00. The summed E-state index contributed by atoms with van der Waals surface area (Å²) in [5.74, 6) is -0.790. The largest absolute Gasteiger partial charge is 0.480 e. The standard InChI is InChI=1S/C11H20N2O3/c1-4-5-6-12-11(16)13-9(10(14)15)7-8(2)3/h4,8-9H,1,5-7H2,2-3H3,(H,14,15)(H2,12,13,16)/t9-/m0/s1. The van der Waals surface area contributed by atoms with Gasteiger partial charge in [0, 0.05) is 6.54 Å². The molecule has 0 aromatic carbocycles. The highest BCUT2D eigenvalue weighted by Gasteiger charge is 2.20. The molecular formula is C11H20N2O3. The van der Waals surface area contributed by atoms with Crippen LogP contribution >= 0.6 is 0 Å². The highest BCUT2D eigenvalue weighted by Crippen LogP contribution is 2.04. The first-order valence-electron chi connectivity index (χ1n) is 5.35. The van der Waals surface area contributed by atoms with Gasteiger partial charge in [-0.05, 0) is 18.8 Å². The lowest BCUT2D eigenvalue weighted by atomic mass is 10.0. The maximum Gasteiger partial charge on any atom is 0.326 e. The molecule has 16 heavy (non-hydrogen) atoms. The van der Waals surface area contributed by atoms with E-state index in [0.717, 1.165) is 0 Å². The Balaban J connectivity index is 4.03. The van der Waals surface area contributed by atoms with Crippen molar-refractivity contribution in [2.24, 2.45) is 5.92 Å². The van der Waals surface area contributed by atoms with Crippen LogP contribution in [0.2, 0.25) is 0 Å². The Bertz CT molecular complexity index is 252. The van der Waals surface area contributed by atoms with Gasteiger partial charge in [-0.2, -0.15) is 0 Å². The van der Waals surface area contributed by atoms with E-state index >= 15 is 0 Å². The molecule has 0 bridgehead atoms. The van der Waals surface area contributed by atoms with Crippen molar-refractivity contribution in [1.82, 2.24) is 10.6 Å². The zero-order valence-corrected chi connectivity index (χ0v) is 9.82. The SMILES string of the molecule is C=CCCNC(=O)N[C@@H](CC(C)C)C(=O)O. The lowest BCUT2D eigenvalue weighted by Crippen LogP contribution is -2.46. The maximum atomic E-state index is 11.3. The van der Waals surface area contributed by atoms with E-state index in [4.69, 9.17) is 5.11 Å². The van der Waals surface area contributed by atoms with Crippen LogP contribution in [0.1, 0.15) is 26.7 Å². The quantitative estimate of drug-likeness (QED) is 0.455. The molecule has 3 N–H and O–H groups in total. The van der Waals surface area contributed by atoms with Crippen LogP contribution in [0.25, 0.3) is 0 Å². The number of carboxylic acids is 1. The predicted molar refractivity (Wildman–Crippen MR) is 62.2 cm³/mol. The van der Waals surface area contributed by atoms with E-state index in [1.807, 2.05) is 13.8 Å². The molecule has 0 fully saturated rings. The number of rotatable bonds is 7. The average molecular weight is 228 g/mol. The molecule has 0 radical (unpaired) electrons. The first-order chi connectivity index (χ1) is 7.47. The summed E-state index contributed by atoms with van der Waals surface area (Å²) in [6.45, 7) is 7.80. The van der Waals surface area contributed by atoms with E-state index in [2.05, 4.69) is 17.2 Å². The fourth-order valence-electron chi connectivity index (χ4n) is 1.19. The summed E-state index contributed by atoms with van der Waals surface area (Å²) in [6.07, 6.45) is 2.77. The summed E-state index contributed by atoms with van der Waals surface area (Å²) in [5, 5.41) is 13.9. The number of carbonyl (C=O) groups is 2. The molecule has 0 unspecified atom stereocenters. The van der Waals surface area contributed by atoms with Crippen LogP contribution in [-0.2, 0) is 4.79 Å². The number of amides is 2. The van der Waals surface area contributed by atoms with Crippen LogP contribution < -0.4 is 10.6 Å². The van der Waals surface area contributed by atoms with E-state index in [0.29, 0.717) is 19.4 Å². The summed E-state index contributed by atoms with van der Waals surface area (Å²) in [6, 6.07) is -1.28. The van der Waals surface area contributed by atoms with Crippen LogP contribution in [0, 0.1) is 5.92 Å². The molecular weight excluding hydrogens is 208 g/mol. The molecule has 0 rings (SSSR count). The van der Waals surface area contributed by atoms with Gasteiger partial charge in [0.1, 0.15) is 6.04 Å². The molecule has 0 aliphatic rings. The van der Waals surface area contributed by atoms with Crippen molar-refractivity contribution < 1.29 is 14.7 Å². The molecule has 0 aromatic heterocycles. The summed E-state index contributed by atoms with van der Waals surface area (Å²) in [4.78, 5) is 22.1. The second-order valence-corrected chi connectivity index (χ2v) is 4.00. The summed E-state index contributed by atoms with van der Waals surface area (Å²) < 4.78 is 0. The minimum atomic E-state index is -1.01. The molecule has 2 amide bonds. The Kier molecular flexibility index (Phi) is 7.00. The van der Waals surface area contributed by atoms with Gasteiger partial charge in [-0.3, -0.25) is 0 Å². The molecule has 0 spiro atoms. The number of nitrogens with one attached hydrogen (secondary N) is 2. The Morgan fingerprint density at radius 3 is 2.50 bits per heavy atom. The van der Waals surface area contributed by atoms with Crippen molar-refractivity contribution in [3.05, 3.63) is 12.7 Å². The van der Waals surface area contributed by atoms with Gasteiger partial charge in [-0.1, -0.05) is 19.9 Å². The first kappa shape index (κ1) is 14.5. The summed E-state index contributed by atoms with van der Waals surface area (Å²) in [5.41, 5.74) is 0. The van der Waals surface area contributed by atoms with E-state index in [-0.39, 0.29) is 5.92 Å². The van der Waals surface area contributed by atoms with Crippen LogP contribution in [0.3, 0.4) is 0 Å². The minimum absolute atomic E-state index is 0.217. The fraction of sp³-hybridized carbons (Fsp3) is 0.636. The zero-order valence-electron chi connectivity index (χ0n) is 9.82. The first-order valence-corrected chi connectivity index (χ1v) is 5.35. The predicted octanol–water partition coefficient (Wildman–Crippen LogP) is 1.36. The average Bonchev–Trinajstić information content (AvgIpc) is 2.16. The minimum Gasteiger partial charge on any atom is -0.480 e. The Labute approximate surface area is 95.9 Å². The van der Waals surface area contributed by atoms with Gasteiger partial charge in [0.25, 0.3) is 0 Å². The molecule has 5 heteroatoms. The van der Waals surface area contributed by atoms with Crippen molar-refractivity contribution in [2.45, 2.75) is 32.7 Å². The van der Waals surface area contributed by atoms with Crippen molar-refractivity contribution in [1.29, 1.82) is 0 Å². The number of carboxylic acid groups (broad SMARTS) is 1. The molecule has 0 aliphatic heterocycles. The lowest BCUT2D eigenvalue weighted by Gasteiger charge is -2.16. The van der Waals surface area contributed by atoms with E-state index in [9.17, 15) is 9.59 Å². The van der Waals surface area contributed by atoms with Gasteiger partial charge in [0.2, 0.25) is 0 Å². The van der Waals surface area contributed by atoms with E-state index in [1.54, 1.807) is 6.08 Å². The smallest absolute Gasteiger partial charge is 0.326 e. The molecule has 0 aromatic rings. The van der Waals surface area contributed by atoms with Crippen molar-refractivity contribution in [3.8, 4) is 0 Å². The molecule has 5 nitrogen and oxygen atoms in total. The highest BCUT2D eigenvalue weighted by atomic mass is 16.4. The van der Waals surface area contributed by atoms with E-state index in [1.165, 1.54) is 0 Å². The summed E-state index contributed by atoms with van der Waals surface area (Å²) >= 11 is 0. The number of hydrogen-bond acceptors (Lipinski definition) is 2. The lowest BCUT2D eigenvalue weighted by molar-refractivity contribution is -0.139. The molecule has 0 saturated heterocycles. The third-order valence-electron chi connectivity index (χ3n) is 1.94. The van der Waals surface area contributed by atoms with Gasteiger partial charge in [0.05, 0.1) is 0 Å². The number of carbonyl (C=O) groups excluding carboxylic acids is 1. The Hall–Kier alpha value is -1.52. The van der Waals surface area contributed by atoms with Crippen molar-refractivity contribution in [3.63, 3.8) is 0 Å². The van der Waals surface area contributed by atoms with E-state index < -0.39 is 18.0 Å². The second kappa shape index (κ2) is 7.73. The monoisotopic (exact) mass is 228 g/mol. The third kappa shape index (κ3) is 6.86. The molecule has 0 aliphatic carbocycles. The Morgan fingerprint density at radius 2 is 2.06 bits per heavy atom. The van der Waals surface area contributed by atoms with Crippen LogP contribution in [-0.4, -0.2) is 29.7 Å². The molecule has 0 saturated carbocycles. The molecule has 1 atom stereocenters. The highest BCUT2D eigenvalue weighted by molar-refractivity contribution is 5.82. The van der Waals surface area contributed by atoms with Crippen LogP contribution in [0.15, 0.2) is 12.7 Å². The van der Waals surface area contributed by atoms with Crippen molar-refractivity contribution in [2.75, 3.05) is 6.54 Å². The number of hydrogen-bond donors (Lipinski definition) is 3. The van der Waals surface area contributed by atoms with Crippen LogP contribution in [0.5, 0.6) is 0 Å². The zero-order chi connectivity index (χ0) is 12.6. The van der Waals surface area contributed by atoms with Crippen LogP contribution in [0.4, 0.5) is 4.79 Å². The Morgan fingerprint density at radius 1 is 1.44 bits per heavy atom. The molecule has 0 heterocycles. The van der Waals surface area contributed by atoms with Gasteiger partial charge in [-0.25, -0.2) is 9.59 Å². The van der Waals surface area contributed by atoms with Gasteiger partial charge in [0.15, 0.2) is 0 Å². The van der Waals surface area contributed by atoms with Gasteiger partial charge < -0.3 is 15.7 Å².